The predicted molar refractivity (Wildman–Crippen MR) is 93.1 cm³/mol. The molecule has 1 amide bonds. The monoisotopic (exact) mass is 350 g/mol. The zero-order valence-corrected chi connectivity index (χ0v) is 14.3. The summed E-state index contributed by atoms with van der Waals surface area (Å²) < 4.78 is 26.4. The van der Waals surface area contributed by atoms with Gasteiger partial charge in [0.25, 0.3) is 0 Å². The van der Waals surface area contributed by atoms with Gasteiger partial charge in [-0.15, -0.1) is 11.8 Å². The van der Waals surface area contributed by atoms with Crippen LogP contribution in [0.15, 0.2) is 64.4 Å². The Bertz CT molecular complexity index is 745. The molecule has 0 aromatic heterocycles. The van der Waals surface area contributed by atoms with Crippen LogP contribution in [0.3, 0.4) is 0 Å². The minimum absolute atomic E-state index is 0.0476. The van der Waals surface area contributed by atoms with Crippen LogP contribution in [-0.4, -0.2) is 27.1 Å². The molecule has 0 atom stereocenters. The third-order valence-corrected chi connectivity index (χ3v) is 5.29. The Morgan fingerprint density at radius 3 is 2.30 bits per heavy atom. The van der Waals surface area contributed by atoms with Crippen LogP contribution in [0.1, 0.15) is 6.42 Å². The Kier molecular flexibility index (Phi) is 6.20. The topological polar surface area (TPSA) is 75.3 Å². The summed E-state index contributed by atoms with van der Waals surface area (Å²) in [5.41, 5.74) is 0.693. The molecule has 2 aromatic rings. The SMILES string of the molecule is CSc1ccc(NC(=O)CCNS(=O)(=O)c2ccccc2)cc1. The van der Waals surface area contributed by atoms with Crippen molar-refractivity contribution in [1.82, 2.24) is 4.72 Å². The summed E-state index contributed by atoms with van der Waals surface area (Å²) in [7, 11) is -3.57. The minimum Gasteiger partial charge on any atom is -0.326 e. The number of amides is 1. The number of sulfonamides is 1. The zero-order chi connectivity index (χ0) is 16.7. The molecule has 2 rings (SSSR count). The number of thioether (sulfide) groups is 1. The normalized spacial score (nSPS) is 11.2. The average molecular weight is 350 g/mol. The molecule has 23 heavy (non-hydrogen) atoms. The molecule has 0 spiro atoms. The van der Waals surface area contributed by atoms with E-state index in [9.17, 15) is 13.2 Å². The first-order valence-electron chi connectivity index (χ1n) is 7.00. The van der Waals surface area contributed by atoms with Crippen molar-refractivity contribution in [1.29, 1.82) is 0 Å². The van der Waals surface area contributed by atoms with Gasteiger partial charge in [0.1, 0.15) is 0 Å². The van der Waals surface area contributed by atoms with Crippen molar-refractivity contribution in [3.8, 4) is 0 Å². The first kappa shape index (κ1) is 17.5. The lowest BCUT2D eigenvalue weighted by molar-refractivity contribution is -0.116. The van der Waals surface area contributed by atoms with Crippen LogP contribution >= 0.6 is 11.8 Å². The number of carbonyl (C=O) groups excluding carboxylic acids is 1. The van der Waals surface area contributed by atoms with E-state index in [0.717, 1.165) is 4.90 Å². The summed E-state index contributed by atoms with van der Waals surface area (Å²) >= 11 is 1.62. The Morgan fingerprint density at radius 2 is 1.70 bits per heavy atom. The number of carbonyl (C=O) groups is 1. The van der Waals surface area contributed by atoms with Gasteiger partial charge in [0.15, 0.2) is 0 Å². The third-order valence-electron chi connectivity index (χ3n) is 3.07. The van der Waals surface area contributed by atoms with Crippen molar-refractivity contribution in [2.75, 3.05) is 18.1 Å². The number of hydrogen-bond acceptors (Lipinski definition) is 4. The fourth-order valence-electron chi connectivity index (χ4n) is 1.88. The van der Waals surface area contributed by atoms with Crippen LogP contribution in [0.5, 0.6) is 0 Å². The van der Waals surface area contributed by atoms with Crippen molar-refractivity contribution in [2.24, 2.45) is 0 Å². The second-order valence-corrected chi connectivity index (χ2v) is 7.38. The average Bonchev–Trinajstić information content (AvgIpc) is 2.56. The Balaban J connectivity index is 1.82. The lowest BCUT2D eigenvalue weighted by atomic mass is 10.3. The summed E-state index contributed by atoms with van der Waals surface area (Å²) in [6, 6.07) is 15.5. The second kappa shape index (κ2) is 8.14. The van der Waals surface area contributed by atoms with Gasteiger partial charge in [-0.25, -0.2) is 13.1 Å². The maximum Gasteiger partial charge on any atom is 0.240 e. The van der Waals surface area contributed by atoms with Gasteiger partial charge < -0.3 is 5.32 Å². The van der Waals surface area contributed by atoms with E-state index in [0.29, 0.717) is 5.69 Å². The van der Waals surface area contributed by atoms with Crippen LogP contribution in [0.25, 0.3) is 0 Å². The zero-order valence-electron chi connectivity index (χ0n) is 12.7. The van der Waals surface area contributed by atoms with E-state index in [4.69, 9.17) is 0 Å². The summed E-state index contributed by atoms with van der Waals surface area (Å²) in [6.45, 7) is 0.0476. The molecule has 5 nitrogen and oxygen atoms in total. The molecule has 0 aliphatic rings. The first-order chi connectivity index (χ1) is 11.0. The molecular formula is C16H18N2O3S2. The lowest BCUT2D eigenvalue weighted by Gasteiger charge is -2.08. The van der Waals surface area contributed by atoms with Gasteiger partial charge in [-0.05, 0) is 42.7 Å². The maximum absolute atomic E-state index is 12.0. The van der Waals surface area contributed by atoms with Crippen molar-refractivity contribution in [3.63, 3.8) is 0 Å². The van der Waals surface area contributed by atoms with Crippen LogP contribution < -0.4 is 10.0 Å². The minimum atomic E-state index is -3.57. The van der Waals surface area contributed by atoms with E-state index in [-0.39, 0.29) is 23.8 Å². The molecule has 0 saturated carbocycles. The highest BCUT2D eigenvalue weighted by Gasteiger charge is 2.13. The van der Waals surface area contributed by atoms with Crippen LogP contribution in [0.4, 0.5) is 5.69 Å². The smallest absolute Gasteiger partial charge is 0.240 e. The maximum atomic E-state index is 12.0. The first-order valence-corrected chi connectivity index (χ1v) is 9.71. The summed E-state index contributed by atoms with van der Waals surface area (Å²) in [5.74, 6) is -0.238. The van der Waals surface area contributed by atoms with Crippen LogP contribution in [-0.2, 0) is 14.8 Å². The Labute approximate surface area is 140 Å². The number of nitrogens with one attached hydrogen (secondary N) is 2. The third kappa shape index (κ3) is 5.38. The number of hydrogen-bond donors (Lipinski definition) is 2. The quantitative estimate of drug-likeness (QED) is 0.753. The fourth-order valence-corrected chi connectivity index (χ4v) is 3.34. The molecule has 7 heteroatoms. The summed E-state index contributed by atoms with van der Waals surface area (Å²) in [6.07, 6.45) is 2.04. The number of benzene rings is 2. The van der Waals surface area contributed by atoms with Gasteiger partial charge in [-0.2, -0.15) is 0 Å². The van der Waals surface area contributed by atoms with E-state index in [2.05, 4.69) is 10.0 Å². The van der Waals surface area contributed by atoms with Gasteiger partial charge in [-0.1, -0.05) is 18.2 Å². The van der Waals surface area contributed by atoms with E-state index >= 15 is 0 Å². The van der Waals surface area contributed by atoms with Crippen molar-refractivity contribution in [2.45, 2.75) is 16.2 Å². The standard InChI is InChI=1S/C16H18N2O3S2/c1-22-14-9-7-13(8-10-14)18-16(19)11-12-17-23(20,21)15-5-3-2-4-6-15/h2-10,17H,11-12H2,1H3,(H,18,19). The highest BCUT2D eigenvalue weighted by molar-refractivity contribution is 7.98. The molecular weight excluding hydrogens is 332 g/mol. The van der Waals surface area contributed by atoms with Crippen LogP contribution in [0, 0.1) is 0 Å². The summed E-state index contributed by atoms with van der Waals surface area (Å²) in [5, 5.41) is 2.74. The van der Waals surface area contributed by atoms with Crippen LogP contribution in [0.2, 0.25) is 0 Å². The molecule has 0 heterocycles. The molecule has 0 radical (unpaired) electrons. The van der Waals surface area contributed by atoms with Gasteiger partial charge in [0.05, 0.1) is 4.90 Å². The highest BCUT2D eigenvalue weighted by atomic mass is 32.2. The van der Waals surface area contributed by atoms with Gasteiger partial charge in [0, 0.05) is 23.5 Å². The lowest BCUT2D eigenvalue weighted by Crippen LogP contribution is -2.27. The highest BCUT2D eigenvalue weighted by Crippen LogP contribution is 2.17. The number of rotatable bonds is 7. The number of anilines is 1. The van der Waals surface area contributed by atoms with Crippen molar-refractivity contribution >= 4 is 33.4 Å². The molecule has 0 saturated heterocycles. The molecule has 2 aromatic carbocycles. The van der Waals surface area contributed by atoms with E-state index < -0.39 is 10.0 Å². The predicted octanol–water partition coefficient (Wildman–Crippen LogP) is 2.72. The van der Waals surface area contributed by atoms with E-state index in [1.807, 2.05) is 30.5 Å². The van der Waals surface area contributed by atoms with E-state index in [1.54, 1.807) is 30.0 Å². The van der Waals surface area contributed by atoms with Gasteiger partial charge in [-0.3, -0.25) is 4.79 Å². The largest absolute Gasteiger partial charge is 0.326 e. The Morgan fingerprint density at radius 1 is 1.04 bits per heavy atom. The fraction of sp³-hybridized carbons (Fsp3) is 0.188. The van der Waals surface area contributed by atoms with E-state index in [1.165, 1.54) is 12.1 Å². The van der Waals surface area contributed by atoms with Crippen molar-refractivity contribution < 1.29 is 13.2 Å². The Hall–Kier alpha value is -1.83. The molecule has 0 aliphatic carbocycles. The van der Waals surface area contributed by atoms with Crippen molar-refractivity contribution in [3.05, 3.63) is 54.6 Å². The van der Waals surface area contributed by atoms with Gasteiger partial charge in [0.2, 0.25) is 15.9 Å². The molecule has 2 N–H and O–H groups in total. The van der Waals surface area contributed by atoms with Gasteiger partial charge >= 0.3 is 0 Å². The summed E-state index contributed by atoms with van der Waals surface area (Å²) in [4.78, 5) is 13.1. The second-order valence-electron chi connectivity index (χ2n) is 4.74. The molecule has 0 bridgehead atoms. The molecule has 0 unspecified atom stereocenters. The molecule has 0 aliphatic heterocycles. The molecule has 122 valence electrons. The molecule has 0 fully saturated rings.